The second-order valence-corrected chi connectivity index (χ2v) is 5.93. The summed E-state index contributed by atoms with van der Waals surface area (Å²) in [6, 6.07) is 5.53. The van der Waals surface area contributed by atoms with Crippen molar-refractivity contribution in [3.8, 4) is 5.75 Å². The van der Waals surface area contributed by atoms with Crippen LogP contribution >= 0.6 is 11.8 Å². The fourth-order valence-corrected chi connectivity index (χ4v) is 2.51. The van der Waals surface area contributed by atoms with Gasteiger partial charge in [-0.25, -0.2) is 0 Å². The Morgan fingerprint density at radius 3 is 2.63 bits per heavy atom. The number of hydrogen-bond donors (Lipinski definition) is 1. The van der Waals surface area contributed by atoms with Gasteiger partial charge in [0, 0.05) is 22.1 Å². The lowest BCUT2D eigenvalue weighted by Gasteiger charge is -2.16. The van der Waals surface area contributed by atoms with E-state index in [1.54, 1.807) is 31.7 Å². The van der Waals surface area contributed by atoms with Crippen LogP contribution < -0.4 is 4.74 Å². The summed E-state index contributed by atoms with van der Waals surface area (Å²) in [4.78, 5) is 11.4. The molecule has 2 atom stereocenters. The average Bonchev–Trinajstić information content (AvgIpc) is 2.37. The fourth-order valence-electron chi connectivity index (χ4n) is 1.57. The Morgan fingerprint density at radius 1 is 1.42 bits per heavy atom. The smallest absolute Gasteiger partial charge is 0.159 e. The summed E-state index contributed by atoms with van der Waals surface area (Å²) in [5, 5.41) is 9.66. The molecule has 0 saturated carbocycles. The number of ether oxygens (including phenoxy) is 1. The van der Waals surface area contributed by atoms with E-state index in [0.717, 1.165) is 17.1 Å². The molecule has 0 spiro atoms. The molecule has 0 aliphatic heterocycles. The highest BCUT2D eigenvalue weighted by Crippen LogP contribution is 2.28. The molecule has 0 aromatic heterocycles. The molecule has 1 rings (SSSR count). The first-order valence-corrected chi connectivity index (χ1v) is 7.56. The van der Waals surface area contributed by atoms with Gasteiger partial charge < -0.3 is 9.84 Å². The van der Waals surface area contributed by atoms with Crippen LogP contribution in [-0.2, 0) is 5.75 Å². The third-order valence-electron chi connectivity index (χ3n) is 2.95. The van der Waals surface area contributed by atoms with Gasteiger partial charge in [0.2, 0.25) is 0 Å². The first kappa shape index (κ1) is 16.1. The second-order valence-electron chi connectivity index (χ2n) is 4.57. The van der Waals surface area contributed by atoms with E-state index in [4.69, 9.17) is 4.74 Å². The van der Waals surface area contributed by atoms with Crippen LogP contribution in [0.15, 0.2) is 18.2 Å². The van der Waals surface area contributed by atoms with Crippen molar-refractivity contribution in [1.82, 2.24) is 0 Å². The Hall–Kier alpha value is -1.00. The molecule has 2 unspecified atom stereocenters. The van der Waals surface area contributed by atoms with Crippen molar-refractivity contribution < 1.29 is 14.6 Å². The van der Waals surface area contributed by atoms with Gasteiger partial charge in [-0.1, -0.05) is 6.92 Å². The van der Waals surface area contributed by atoms with Gasteiger partial charge in [-0.15, -0.1) is 0 Å². The molecule has 19 heavy (non-hydrogen) atoms. The van der Waals surface area contributed by atoms with E-state index in [-0.39, 0.29) is 17.1 Å². The molecule has 1 N–H and O–H groups in total. The van der Waals surface area contributed by atoms with Crippen LogP contribution in [0.1, 0.15) is 43.6 Å². The predicted molar refractivity (Wildman–Crippen MR) is 80.1 cm³/mol. The Morgan fingerprint density at radius 2 is 2.11 bits per heavy atom. The molecule has 0 heterocycles. The second kappa shape index (κ2) is 7.56. The number of rotatable bonds is 7. The Labute approximate surface area is 119 Å². The number of ketones is 1. The highest BCUT2D eigenvalue weighted by molar-refractivity contribution is 7.99. The number of carbonyl (C=O) groups excluding carboxylic acids is 1. The largest absolute Gasteiger partial charge is 0.494 e. The zero-order valence-corrected chi connectivity index (χ0v) is 12.8. The van der Waals surface area contributed by atoms with E-state index < -0.39 is 0 Å². The summed E-state index contributed by atoms with van der Waals surface area (Å²) in [6.45, 7) is 7.87. The average molecular weight is 282 g/mol. The zero-order valence-electron chi connectivity index (χ0n) is 12.0. The highest BCUT2D eigenvalue weighted by atomic mass is 32.2. The normalized spacial score (nSPS) is 13.9. The van der Waals surface area contributed by atoms with Gasteiger partial charge in [-0.2, -0.15) is 11.8 Å². The van der Waals surface area contributed by atoms with Crippen LogP contribution in [0, 0.1) is 0 Å². The molecular formula is C15H22O3S. The molecule has 106 valence electrons. The lowest BCUT2D eigenvalue weighted by molar-refractivity contribution is 0.101. The van der Waals surface area contributed by atoms with Crippen LogP contribution in [0.2, 0.25) is 0 Å². The van der Waals surface area contributed by atoms with Crippen molar-refractivity contribution in [1.29, 1.82) is 0 Å². The summed E-state index contributed by atoms with van der Waals surface area (Å²) < 4.78 is 5.58. The van der Waals surface area contributed by atoms with Gasteiger partial charge in [0.25, 0.3) is 0 Å². The number of hydrogen-bond acceptors (Lipinski definition) is 4. The summed E-state index contributed by atoms with van der Waals surface area (Å²) >= 11 is 1.66. The van der Waals surface area contributed by atoms with Crippen LogP contribution in [0.25, 0.3) is 0 Å². The van der Waals surface area contributed by atoms with Gasteiger partial charge in [0.15, 0.2) is 5.78 Å². The quantitative estimate of drug-likeness (QED) is 0.780. The topological polar surface area (TPSA) is 46.5 Å². The molecule has 0 saturated heterocycles. The molecule has 3 nitrogen and oxygen atoms in total. The van der Waals surface area contributed by atoms with E-state index >= 15 is 0 Å². The minimum Gasteiger partial charge on any atom is -0.494 e. The maximum atomic E-state index is 11.4. The maximum Gasteiger partial charge on any atom is 0.159 e. The van der Waals surface area contributed by atoms with Crippen molar-refractivity contribution in [3.63, 3.8) is 0 Å². The summed E-state index contributed by atoms with van der Waals surface area (Å²) in [6.07, 6.45) is -0.350. The van der Waals surface area contributed by atoms with Crippen molar-refractivity contribution in [2.75, 3.05) is 6.61 Å². The molecule has 1 aromatic rings. The Kier molecular flexibility index (Phi) is 6.38. The van der Waals surface area contributed by atoms with Gasteiger partial charge in [-0.05, 0) is 39.0 Å². The summed E-state index contributed by atoms with van der Waals surface area (Å²) in [5.41, 5.74) is 1.70. The van der Waals surface area contributed by atoms with Crippen molar-refractivity contribution in [3.05, 3.63) is 29.3 Å². The number of Topliss-reactive ketones (excluding diaryl/α,β-unsaturated/α-hetero) is 1. The molecule has 0 aliphatic rings. The summed E-state index contributed by atoms with van der Waals surface area (Å²) in [7, 11) is 0. The first-order valence-electron chi connectivity index (χ1n) is 6.52. The summed E-state index contributed by atoms with van der Waals surface area (Å²) in [5.74, 6) is 1.60. The SMILES string of the molecule is CCOc1ccc(C(C)=O)cc1CSC(C)C(C)O. The van der Waals surface area contributed by atoms with E-state index in [2.05, 4.69) is 0 Å². The van der Waals surface area contributed by atoms with Gasteiger partial charge >= 0.3 is 0 Å². The monoisotopic (exact) mass is 282 g/mol. The van der Waals surface area contributed by atoms with Crippen LogP contribution in [0.4, 0.5) is 0 Å². The number of thioether (sulfide) groups is 1. The van der Waals surface area contributed by atoms with Crippen molar-refractivity contribution >= 4 is 17.5 Å². The Bertz CT molecular complexity index is 429. The minimum atomic E-state index is -0.350. The van der Waals surface area contributed by atoms with E-state index in [1.807, 2.05) is 26.0 Å². The number of carbonyl (C=O) groups is 1. The third kappa shape index (κ3) is 4.88. The minimum absolute atomic E-state index is 0.0536. The lowest BCUT2D eigenvalue weighted by Crippen LogP contribution is -2.15. The van der Waals surface area contributed by atoms with E-state index in [9.17, 15) is 9.90 Å². The van der Waals surface area contributed by atoms with Gasteiger partial charge in [-0.3, -0.25) is 4.79 Å². The molecule has 1 aromatic carbocycles. The molecule has 0 aliphatic carbocycles. The number of aliphatic hydroxyl groups is 1. The van der Waals surface area contributed by atoms with Gasteiger partial charge in [0.05, 0.1) is 12.7 Å². The van der Waals surface area contributed by atoms with Gasteiger partial charge in [0.1, 0.15) is 5.75 Å². The maximum absolute atomic E-state index is 11.4. The molecule has 0 bridgehead atoms. The standard InChI is InChI=1S/C15H22O3S/c1-5-18-15-7-6-13(11(3)17)8-14(15)9-19-12(4)10(2)16/h6-8,10,12,16H,5,9H2,1-4H3. The van der Waals surface area contributed by atoms with Crippen molar-refractivity contribution in [2.24, 2.45) is 0 Å². The van der Waals surface area contributed by atoms with Crippen LogP contribution in [0.3, 0.4) is 0 Å². The lowest BCUT2D eigenvalue weighted by atomic mass is 10.1. The molecule has 4 heteroatoms. The Balaban J connectivity index is 2.87. The van der Waals surface area contributed by atoms with E-state index in [0.29, 0.717) is 12.2 Å². The fraction of sp³-hybridized carbons (Fsp3) is 0.533. The third-order valence-corrected chi connectivity index (χ3v) is 4.35. The molecule has 0 fully saturated rings. The molecular weight excluding hydrogens is 260 g/mol. The van der Waals surface area contributed by atoms with E-state index in [1.165, 1.54) is 0 Å². The number of benzene rings is 1. The van der Waals surface area contributed by atoms with Crippen LogP contribution in [-0.4, -0.2) is 28.9 Å². The first-order chi connectivity index (χ1) is 8.95. The number of aliphatic hydroxyl groups excluding tert-OH is 1. The zero-order chi connectivity index (χ0) is 14.4. The molecule has 0 radical (unpaired) electrons. The van der Waals surface area contributed by atoms with Crippen molar-refractivity contribution in [2.45, 2.75) is 44.8 Å². The molecule has 0 amide bonds. The highest BCUT2D eigenvalue weighted by Gasteiger charge is 2.12. The predicted octanol–water partition coefficient (Wildman–Crippen LogP) is 3.29. The van der Waals surface area contributed by atoms with Crippen LogP contribution in [0.5, 0.6) is 5.75 Å².